The summed E-state index contributed by atoms with van der Waals surface area (Å²) < 4.78 is 35.8. The SMILES string of the molecule is Cn1cc(S(=O)(=O)F)c(C2CCC2)n1. The van der Waals surface area contributed by atoms with Crippen LogP contribution in [0.2, 0.25) is 0 Å². The minimum absolute atomic E-state index is 0.122. The van der Waals surface area contributed by atoms with Gasteiger partial charge in [0.25, 0.3) is 0 Å². The molecule has 78 valence electrons. The molecule has 1 aromatic rings. The number of rotatable bonds is 2. The zero-order valence-corrected chi connectivity index (χ0v) is 8.59. The molecule has 0 atom stereocenters. The quantitative estimate of drug-likeness (QED) is 0.704. The average molecular weight is 218 g/mol. The fourth-order valence-corrected chi connectivity index (χ4v) is 2.37. The van der Waals surface area contributed by atoms with Crippen LogP contribution in [0.4, 0.5) is 3.89 Å². The molecule has 1 aliphatic carbocycles. The summed E-state index contributed by atoms with van der Waals surface area (Å²) >= 11 is 0. The van der Waals surface area contributed by atoms with E-state index in [1.54, 1.807) is 7.05 Å². The summed E-state index contributed by atoms with van der Waals surface area (Å²) in [5.41, 5.74) is 0.390. The van der Waals surface area contributed by atoms with Gasteiger partial charge in [-0.1, -0.05) is 6.42 Å². The van der Waals surface area contributed by atoms with Gasteiger partial charge in [0, 0.05) is 19.2 Å². The van der Waals surface area contributed by atoms with Gasteiger partial charge in [-0.05, 0) is 12.8 Å². The molecule has 0 aliphatic heterocycles. The maximum Gasteiger partial charge on any atom is 0.335 e. The molecule has 0 unspecified atom stereocenters. The van der Waals surface area contributed by atoms with E-state index in [-0.39, 0.29) is 10.8 Å². The Kier molecular flexibility index (Phi) is 2.10. The molecule has 0 spiro atoms. The van der Waals surface area contributed by atoms with E-state index in [1.165, 1.54) is 10.9 Å². The Morgan fingerprint density at radius 1 is 1.57 bits per heavy atom. The molecule has 0 saturated heterocycles. The standard InChI is InChI=1S/C8H11FN2O2S/c1-11-5-7(14(9,12)13)8(10-11)6-3-2-4-6/h5-6H,2-4H2,1H3. The van der Waals surface area contributed by atoms with Crippen molar-refractivity contribution in [2.24, 2.45) is 7.05 Å². The molecule has 6 heteroatoms. The average Bonchev–Trinajstić information content (AvgIpc) is 2.26. The Bertz CT molecular complexity index is 448. The second-order valence-electron chi connectivity index (χ2n) is 3.62. The van der Waals surface area contributed by atoms with Crippen molar-refractivity contribution in [1.82, 2.24) is 9.78 Å². The van der Waals surface area contributed by atoms with Gasteiger partial charge in [0.2, 0.25) is 0 Å². The van der Waals surface area contributed by atoms with Crippen LogP contribution in [-0.2, 0) is 17.3 Å². The molecular formula is C8H11FN2O2S. The van der Waals surface area contributed by atoms with Crippen LogP contribution < -0.4 is 0 Å². The van der Waals surface area contributed by atoms with Crippen molar-refractivity contribution in [3.05, 3.63) is 11.9 Å². The third-order valence-corrected chi connectivity index (χ3v) is 3.42. The minimum Gasteiger partial charge on any atom is -0.274 e. The fraction of sp³-hybridized carbons (Fsp3) is 0.625. The molecule has 1 fully saturated rings. The molecule has 0 bridgehead atoms. The Labute approximate surface area is 81.9 Å². The van der Waals surface area contributed by atoms with Crippen molar-refractivity contribution in [2.75, 3.05) is 0 Å². The molecule has 0 N–H and O–H groups in total. The van der Waals surface area contributed by atoms with Crippen molar-refractivity contribution in [2.45, 2.75) is 30.1 Å². The molecule has 0 aromatic carbocycles. The van der Waals surface area contributed by atoms with Crippen molar-refractivity contribution < 1.29 is 12.3 Å². The lowest BCUT2D eigenvalue weighted by Crippen LogP contribution is -2.12. The number of aryl methyl sites for hydroxylation is 1. The van der Waals surface area contributed by atoms with Crippen LogP contribution in [-0.4, -0.2) is 18.2 Å². The van der Waals surface area contributed by atoms with Gasteiger partial charge < -0.3 is 0 Å². The van der Waals surface area contributed by atoms with E-state index >= 15 is 0 Å². The lowest BCUT2D eigenvalue weighted by molar-refractivity contribution is 0.401. The van der Waals surface area contributed by atoms with E-state index in [1.807, 2.05) is 0 Å². The predicted molar refractivity (Wildman–Crippen MR) is 48.1 cm³/mol. The summed E-state index contributed by atoms with van der Waals surface area (Å²) in [6.45, 7) is 0. The zero-order valence-electron chi connectivity index (χ0n) is 7.77. The summed E-state index contributed by atoms with van der Waals surface area (Å²) in [6, 6.07) is 0. The van der Waals surface area contributed by atoms with Gasteiger partial charge in [-0.2, -0.15) is 13.5 Å². The summed E-state index contributed by atoms with van der Waals surface area (Å²) in [5.74, 6) is 0.122. The van der Waals surface area contributed by atoms with Crippen LogP contribution in [0.3, 0.4) is 0 Å². The number of nitrogens with zero attached hydrogens (tertiary/aromatic N) is 2. The van der Waals surface area contributed by atoms with Gasteiger partial charge in [0.15, 0.2) is 0 Å². The van der Waals surface area contributed by atoms with Crippen molar-refractivity contribution >= 4 is 10.2 Å². The Morgan fingerprint density at radius 3 is 2.64 bits per heavy atom. The number of halogens is 1. The van der Waals surface area contributed by atoms with E-state index in [0.717, 1.165) is 19.3 Å². The molecule has 1 aliphatic rings. The first kappa shape index (κ1) is 9.64. The highest BCUT2D eigenvalue weighted by atomic mass is 32.3. The monoisotopic (exact) mass is 218 g/mol. The first-order chi connectivity index (χ1) is 6.48. The van der Waals surface area contributed by atoms with Gasteiger partial charge in [-0.25, -0.2) is 0 Å². The Morgan fingerprint density at radius 2 is 2.21 bits per heavy atom. The van der Waals surface area contributed by atoms with E-state index in [0.29, 0.717) is 5.69 Å². The molecule has 1 heterocycles. The highest BCUT2D eigenvalue weighted by Gasteiger charge is 2.30. The second-order valence-corrected chi connectivity index (χ2v) is 4.93. The Balaban J connectivity index is 2.48. The molecular weight excluding hydrogens is 207 g/mol. The minimum atomic E-state index is -4.62. The maximum absolute atomic E-state index is 12.8. The molecule has 14 heavy (non-hydrogen) atoms. The van der Waals surface area contributed by atoms with Crippen LogP contribution in [0.15, 0.2) is 11.1 Å². The predicted octanol–water partition coefficient (Wildman–Crippen LogP) is 1.35. The lowest BCUT2D eigenvalue weighted by atomic mass is 9.83. The normalized spacial score (nSPS) is 18.1. The highest BCUT2D eigenvalue weighted by molar-refractivity contribution is 7.86. The number of aromatic nitrogens is 2. The summed E-state index contributed by atoms with van der Waals surface area (Å²) in [6.07, 6.45) is 4.09. The smallest absolute Gasteiger partial charge is 0.274 e. The third-order valence-electron chi connectivity index (χ3n) is 2.58. The largest absolute Gasteiger partial charge is 0.335 e. The maximum atomic E-state index is 12.8. The highest BCUT2D eigenvalue weighted by Crippen LogP contribution is 2.38. The first-order valence-corrected chi connectivity index (χ1v) is 5.85. The third kappa shape index (κ3) is 1.54. The molecule has 0 amide bonds. The van der Waals surface area contributed by atoms with E-state index in [2.05, 4.69) is 5.10 Å². The summed E-state index contributed by atoms with van der Waals surface area (Å²) in [5, 5.41) is 4.00. The van der Waals surface area contributed by atoms with Crippen molar-refractivity contribution in [1.29, 1.82) is 0 Å². The van der Waals surface area contributed by atoms with E-state index < -0.39 is 10.2 Å². The molecule has 2 rings (SSSR count). The molecule has 4 nitrogen and oxygen atoms in total. The van der Waals surface area contributed by atoms with Crippen molar-refractivity contribution in [3.63, 3.8) is 0 Å². The molecule has 1 aromatic heterocycles. The van der Waals surface area contributed by atoms with Crippen LogP contribution >= 0.6 is 0 Å². The molecule has 0 radical (unpaired) electrons. The van der Waals surface area contributed by atoms with Gasteiger partial charge >= 0.3 is 10.2 Å². The second kappa shape index (κ2) is 3.05. The number of hydrogen-bond donors (Lipinski definition) is 0. The van der Waals surface area contributed by atoms with E-state index in [9.17, 15) is 12.3 Å². The van der Waals surface area contributed by atoms with Crippen LogP contribution in [0.25, 0.3) is 0 Å². The van der Waals surface area contributed by atoms with Gasteiger partial charge in [0.05, 0.1) is 5.69 Å². The van der Waals surface area contributed by atoms with Crippen LogP contribution in [0, 0.1) is 0 Å². The topological polar surface area (TPSA) is 52.0 Å². The van der Waals surface area contributed by atoms with Crippen molar-refractivity contribution in [3.8, 4) is 0 Å². The van der Waals surface area contributed by atoms with Gasteiger partial charge in [-0.15, -0.1) is 3.89 Å². The summed E-state index contributed by atoms with van der Waals surface area (Å²) in [4.78, 5) is -0.260. The fourth-order valence-electron chi connectivity index (χ4n) is 1.64. The van der Waals surface area contributed by atoms with Crippen LogP contribution in [0.1, 0.15) is 30.9 Å². The first-order valence-electron chi connectivity index (χ1n) is 4.46. The van der Waals surface area contributed by atoms with Gasteiger partial charge in [0.1, 0.15) is 4.90 Å². The number of hydrogen-bond acceptors (Lipinski definition) is 3. The lowest BCUT2D eigenvalue weighted by Gasteiger charge is -2.23. The zero-order chi connectivity index (χ0) is 10.3. The Hall–Kier alpha value is -0.910. The van der Waals surface area contributed by atoms with Gasteiger partial charge in [-0.3, -0.25) is 4.68 Å². The summed E-state index contributed by atoms with van der Waals surface area (Å²) in [7, 11) is -3.02. The van der Waals surface area contributed by atoms with E-state index in [4.69, 9.17) is 0 Å². The van der Waals surface area contributed by atoms with Crippen LogP contribution in [0.5, 0.6) is 0 Å². The molecule has 1 saturated carbocycles.